The van der Waals surface area contributed by atoms with Crippen LogP contribution >= 0.6 is 0 Å². The number of hydrogen-bond acceptors (Lipinski definition) is 5. The van der Waals surface area contributed by atoms with Crippen LogP contribution in [0.5, 0.6) is 5.75 Å². The molecule has 11 heteroatoms. The largest absolute Gasteiger partial charge is 0.484 e. The molecule has 3 aromatic carbocycles. The van der Waals surface area contributed by atoms with Gasteiger partial charge in [-0.05, 0) is 48.5 Å². The molecule has 0 fully saturated rings. The molecular formula is C23H18F3N3O5. The number of benzene rings is 3. The van der Waals surface area contributed by atoms with E-state index in [-0.39, 0.29) is 11.6 Å². The van der Waals surface area contributed by atoms with Gasteiger partial charge in [-0.25, -0.2) is 0 Å². The molecule has 176 valence electrons. The van der Waals surface area contributed by atoms with Gasteiger partial charge < -0.3 is 15.0 Å². The number of amides is 2. The van der Waals surface area contributed by atoms with Crippen molar-refractivity contribution in [1.82, 2.24) is 0 Å². The molecule has 0 aliphatic carbocycles. The van der Waals surface area contributed by atoms with E-state index in [1.165, 1.54) is 17.0 Å². The second kappa shape index (κ2) is 10.0. The maximum atomic E-state index is 13.1. The van der Waals surface area contributed by atoms with E-state index in [1.807, 2.05) is 0 Å². The number of carbonyl (C=O) groups excluding carboxylic acids is 2. The third kappa shape index (κ3) is 5.88. The molecule has 8 nitrogen and oxygen atoms in total. The van der Waals surface area contributed by atoms with E-state index in [2.05, 4.69) is 5.32 Å². The van der Waals surface area contributed by atoms with Crippen LogP contribution in [0, 0.1) is 10.1 Å². The van der Waals surface area contributed by atoms with Crippen LogP contribution in [0.3, 0.4) is 0 Å². The van der Waals surface area contributed by atoms with Crippen molar-refractivity contribution in [3.8, 4) is 5.75 Å². The van der Waals surface area contributed by atoms with E-state index < -0.39 is 34.9 Å². The van der Waals surface area contributed by atoms with Crippen molar-refractivity contribution in [3.05, 3.63) is 94.0 Å². The van der Waals surface area contributed by atoms with Crippen LogP contribution in [0.15, 0.2) is 72.8 Å². The number of nitro groups is 1. The summed E-state index contributed by atoms with van der Waals surface area (Å²) in [7, 11) is 1.61. The Labute approximate surface area is 191 Å². The molecule has 1 N–H and O–H groups in total. The Morgan fingerprint density at radius 3 is 2.26 bits per heavy atom. The molecule has 2 amide bonds. The van der Waals surface area contributed by atoms with E-state index in [0.29, 0.717) is 29.1 Å². The Morgan fingerprint density at radius 2 is 1.68 bits per heavy atom. The molecule has 0 saturated carbocycles. The Kier molecular flexibility index (Phi) is 7.15. The summed E-state index contributed by atoms with van der Waals surface area (Å²) >= 11 is 0. The number of rotatable bonds is 7. The average Bonchev–Trinajstić information content (AvgIpc) is 2.82. The average molecular weight is 473 g/mol. The van der Waals surface area contributed by atoms with Gasteiger partial charge in [-0.3, -0.25) is 19.7 Å². The number of nitrogens with one attached hydrogen (secondary N) is 1. The molecule has 0 aromatic heterocycles. The molecule has 3 rings (SSSR count). The SMILES string of the molecule is CN(C(=O)c1ccccc1)c1ccc(OCC(=O)Nc2ccc([N+](=O)[O-])c(C(F)(F)F)c2)cc1. The molecule has 0 spiro atoms. The summed E-state index contributed by atoms with van der Waals surface area (Å²) in [5, 5.41) is 13.0. The fraction of sp³-hybridized carbons (Fsp3) is 0.130. The summed E-state index contributed by atoms with van der Waals surface area (Å²) < 4.78 is 44.5. The molecule has 34 heavy (non-hydrogen) atoms. The van der Waals surface area contributed by atoms with Gasteiger partial charge in [0, 0.05) is 30.1 Å². The standard InChI is InChI=1S/C23H18F3N3O5/c1-28(22(31)15-5-3-2-4-6-15)17-8-10-18(11-9-17)34-14-21(30)27-16-7-12-20(29(32)33)19(13-16)23(24,25)26/h2-13H,14H2,1H3,(H,27,30). The van der Waals surface area contributed by atoms with Gasteiger partial charge in [-0.1, -0.05) is 18.2 Å². The molecule has 0 unspecified atom stereocenters. The lowest BCUT2D eigenvalue weighted by Crippen LogP contribution is -2.26. The Hall–Kier alpha value is -4.41. The summed E-state index contributed by atoms with van der Waals surface area (Å²) in [5.41, 5.74) is -1.75. The molecule has 0 radical (unpaired) electrons. The maximum Gasteiger partial charge on any atom is 0.423 e. The monoisotopic (exact) mass is 473 g/mol. The first-order valence-electron chi connectivity index (χ1n) is 9.77. The van der Waals surface area contributed by atoms with Gasteiger partial charge in [0.25, 0.3) is 17.5 Å². The van der Waals surface area contributed by atoms with Crippen molar-refractivity contribution < 1.29 is 32.4 Å². The number of carbonyl (C=O) groups is 2. The first-order chi connectivity index (χ1) is 16.1. The lowest BCUT2D eigenvalue weighted by atomic mass is 10.1. The van der Waals surface area contributed by atoms with Gasteiger partial charge in [0.2, 0.25) is 0 Å². The Balaban J connectivity index is 1.60. The molecule has 0 atom stereocenters. The Bertz CT molecular complexity index is 1200. The van der Waals surface area contributed by atoms with E-state index in [0.717, 1.165) is 6.07 Å². The molecule has 3 aromatic rings. The molecule has 0 aliphatic heterocycles. The summed E-state index contributed by atoms with van der Waals surface area (Å²) in [6.07, 6.45) is -4.96. The second-order valence-corrected chi connectivity index (χ2v) is 7.05. The van der Waals surface area contributed by atoms with Gasteiger partial charge in [-0.2, -0.15) is 13.2 Å². The zero-order valence-electron chi connectivity index (χ0n) is 17.7. The van der Waals surface area contributed by atoms with Crippen molar-refractivity contribution in [2.45, 2.75) is 6.18 Å². The number of alkyl halides is 3. The number of ether oxygens (including phenoxy) is 1. The minimum absolute atomic E-state index is 0.213. The van der Waals surface area contributed by atoms with Crippen LogP contribution in [-0.2, 0) is 11.0 Å². The smallest absolute Gasteiger partial charge is 0.423 e. The van der Waals surface area contributed by atoms with Gasteiger partial charge >= 0.3 is 6.18 Å². The lowest BCUT2D eigenvalue weighted by Gasteiger charge is -2.18. The molecule has 0 heterocycles. The first kappa shape index (κ1) is 24.2. The zero-order valence-corrected chi connectivity index (χ0v) is 17.7. The van der Waals surface area contributed by atoms with E-state index in [1.54, 1.807) is 49.5 Å². The minimum atomic E-state index is -4.96. The highest BCUT2D eigenvalue weighted by Gasteiger charge is 2.38. The topological polar surface area (TPSA) is 102 Å². The minimum Gasteiger partial charge on any atom is -0.484 e. The quantitative estimate of drug-likeness (QED) is 0.388. The highest BCUT2D eigenvalue weighted by atomic mass is 19.4. The molecular weight excluding hydrogens is 455 g/mol. The number of anilines is 2. The lowest BCUT2D eigenvalue weighted by molar-refractivity contribution is -0.388. The molecule has 0 aliphatic rings. The van der Waals surface area contributed by atoms with Crippen LogP contribution in [-0.4, -0.2) is 30.4 Å². The highest BCUT2D eigenvalue weighted by Crippen LogP contribution is 2.37. The van der Waals surface area contributed by atoms with Crippen molar-refractivity contribution in [3.63, 3.8) is 0 Å². The number of nitro benzene ring substituents is 1. The fourth-order valence-electron chi connectivity index (χ4n) is 3.00. The van der Waals surface area contributed by atoms with Crippen LogP contribution in [0.25, 0.3) is 0 Å². The van der Waals surface area contributed by atoms with Crippen molar-refractivity contribution in [2.75, 3.05) is 23.9 Å². The second-order valence-electron chi connectivity index (χ2n) is 7.05. The normalized spacial score (nSPS) is 10.9. The number of nitrogens with zero attached hydrogens (tertiary/aromatic N) is 2. The van der Waals surface area contributed by atoms with Crippen LogP contribution < -0.4 is 15.0 Å². The van der Waals surface area contributed by atoms with Gasteiger partial charge in [-0.15, -0.1) is 0 Å². The van der Waals surface area contributed by atoms with Crippen molar-refractivity contribution >= 4 is 28.9 Å². The van der Waals surface area contributed by atoms with Gasteiger partial charge in [0.15, 0.2) is 6.61 Å². The predicted molar refractivity (Wildman–Crippen MR) is 118 cm³/mol. The van der Waals surface area contributed by atoms with Crippen LogP contribution in [0.4, 0.5) is 30.2 Å². The van der Waals surface area contributed by atoms with E-state index in [4.69, 9.17) is 4.74 Å². The number of hydrogen-bond donors (Lipinski definition) is 1. The third-order valence-electron chi connectivity index (χ3n) is 4.70. The highest BCUT2D eigenvalue weighted by molar-refractivity contribution is 6.05. The summed E-state index contributed by atoms with van der Waals surface area (Å²) in [6.45, 7) is -0.517. The van der Waals surface area contributed by atoms with Crippen LogP contribution in [0.2, 0.25) is 0 Å². The van der Waals surface area contributed by atoms with E-state index in [9.17, 15) is 32.9 Å². The summed E-state index contributed by atoms with van der Waals surface area (Å²) in [5.74, 6) is -0.684. The van der Waals surface area contributed by atoms with E-state index >= 15 is 0 Å². The molecule has 0 bridgehead atoms. The Morgan fingerprint density at radius 1 is 1.03 bits per heavy atom. The first-order valence-corrected chi connectivity index (χ1v) is 9.77. The molecule has 0 saturated heterocycles. The van der Waals surface area contributed by atoms with Gasteiger partial charge in [0.1, 0.15) is 11.3 Å². The number of halogens is 3. The van der Waals surface area contributed by atoms with Crippen molar-refractivity contribution in [2.24, 2.45) is 0 Å². The third-order valence-corrected chi connectivity index (χ3v) is 4.70. The predicted octanol–water partition coefficient (Wildman–Crippen LogP) is 4.91. The maximum absolute atomic E-state index is 13.1. The van der Waals surface area contributed by atoms with Crippen molar-refractivity contribution in [1.29, 1.82) is 0 Å². The van der Waals surface area contributed by atoms with Gasteiger partial charge in [0.05, 0.1) is 4.92 Å². The van der Waals surface area contributed by atoms with Crippen LogP contribution in [0.1, 0.15) is 15.9 Å². The summed E-state index contributed by atoms with van der Waals surface area (Å²) in [6, 6.07) is 17.1. The summed E-state index contributed by atoms with van der Waals surface area (Å²) in [4.78, 5) is 35.7. The fourth-order valence-corrected chi connectivity index (χ4v) is 3.00. The zero-order chi connectivity index (χ0) is 24.9.